The van der Waals surface area contributed by atoms with Gasteiger partial charge in [0.25, 0.3) is 0 Å². The van der Waals surface area contributed by atoms with Crippen LogP contribution in [0.5, 0.6) is 0 Å². The standard InChI is InChI=1S/C17H34NPS/c1-6-9-12-19(5,13-10-7-2,14-11-8-3)17-15-20-16(4)18-17/h15H,6-14H2,1-5H3. The molecule has 0 bridgehead atoms. The minimum atomic E-state index is -1.80. The van der Waals surface area contributed by atoms with Crippen LogP contribution in [0.25, 0.3) is 0 Å². The first kappa shape index (κ1) is 18.1. The van der Waals surface area contributed by atoms with Gasteiger partial charge in [-0.05, 0) is 0 Å². The molecule has 0 aliphatic rings. The summed E-state index contributed by atoms with van der Waals surface area (Å²) in [5.74, 6) is 0. The zero-order valence-electron chi connectivity index (χ0n) is 14.2. The second-order valence-corrected chi connectivity index (χ2v) is 14.3. The van der Waals surface area contributed by atoms with Crippen LogP contribution >= 0.6 is 17.9 Å². The average Bonchev–Trinajstić information content (AvgIpc) is 2.89. The number of hydrogen-bond donors (Lipinski definition) is 0. The quantitative estimate of drug-likeness (QED) is 0.508. The van der Waals surface area contributed by atoms with Gasteiger partial charge in [0, 0.05) is 0 Å². The van der Waals surface area contributed by atoms with E-state index < -0.39 is 6.60 Å². The third-order valence-corrected chi connectivity index (χ3v) is 12.3. The van der Waals surface area contributed by atoms with E-state index >= 15 is 0 Å². The van der Waals surface area contributed by atoms with E-state index in [1.165, 1.54) is 67.5 Å². The van der Waals surface area contributed by atoms with Crippen molar-refractivity contribution in [3.8, 4) is 0 Å². The molecule has 0 fully saturated rings. The van der Waals surface area contributed by atoms with Gasteiger partial charge < -0.3 is 0 Å². The van der Waals surface area contributed by atoms with Gasteiger partial charge >= 0.3 is 130 Å². The van der Waals surface area contributed by atoms with Crippen molar-refractivity contribution in [2.75, 3.05) is 25.2 Å². The number of nitrogens with zero attached hydrogens (tertiary/aromatic N) is 1. The van der Waals surface area contributed by atoms with Crippen LogP contribution in [0.2, 0.25) is 0 Å². The molecular formula is C17H34NPS. The van der Waals surface area contributed by atoms with Gasteiger partial charge in [0.15, 0.2) is 0 Å². The SMILES string of the molecule is CCCCP(C)(CCCC)(CCCC)c1csc(C)n1. The summed E-state index contributed by atoms with van der Waals surface area (Å²) in [5, 5.41) is 3.65. The summed E-state index contributed by atoms with van der Waals surface area (Å²) < 4.78 is 0. The van der Waals surface area contributed by atoms with Crippen LogP contribution in [-0.2, 0) is 0 Å². The summed E-state index contributed by atoms with van der Waals surface area (Å²) in [4.78, 5) is 4.99. The predicted molar refractivity (Wildman–Crippen MR) is 98.7 cm³/mol. The van der Waals surface area contributed by atoms with Crippen LogP contribution in [-0.4, -0.2) is 30.1 Å². The zero-order valence-corrected chi connectivity index (χ0v) is 16.0. The number of unbranched alkanes of at least 4 members (excludes halogenated alkanes) is 3. The van der Waals surface area contributed by atoms with Crippen LogP contribution in [0, 0.1) is 6.92 Å². The molecule has 0 amide bonds. The monoisotopic (exact) mass is 315 g/mol. The van der Waals surface area contributed by atoms with Gasteiger partial charge in [0.2, 0.25) is 0 Å². The Morgan fingerprint density at radius 2 is 1.40 bits per heavy atom. The molecule has 0 radical (unpaired) electrons. The molecule has 1 heterocycles. The van der Waals surface area contributed by atoms with E-state index in [1.807, 2.05) is 11.3 Å². The van der Waals surface area contributed by atoms with Crippen molar-refractivity contribution in [3.05, 3.63) is 10.4 Å². The molecule has 118 valence electrons. The average molecular weight is 316 g/mol. The summed E-state index contributed by atoms with van der Waals surface area (Å²) in [6.45, 7) is 9.99. The Bertz CT molecular complexity index is 375. The van der Waals surface area contributed by atoms with Crippen LogP contribution in [0.4, 0.5) is 0 Å². The van der Waals surface area contributed by atoms with Crippen LogP contribution in [0.3, 0.4) is 0 Å². The molecular weight excluding hydrogens is 281 g/mol. The number of rotatable bonds is 10. The maximum atomic E-state index is 4.99. The van der Waals surface area contributed by atoms with Crippen molar-refractivity contribution < 1.29 is 0 Å². The summed E-state index contributed by atoms with van der Waals surface area (Å²) in [5.41, 5.74) is 1.51. The summed E-state index contributed by atoms with van der Waals surface area (Å²) in [7, 11) is 0. The first-order valence-electron chi connectivity index (χ1n) is 8.42. The molecule has 0 N–H and O–H groups in total. The normalized spacial score (nSPS) is 14.2. The van der Waals surface area contributed by atoms with E-state index in [0.717, 1.165) is 0 Å². The van der Waals surface area contributed by atoms with Gasteiger partial charge in [-0.25, -0.2) is 0 Å². The maximum absolute atomic E-state index is 4.99. The molecule has 0 aliphatic heterocycles. The van der Waals surface area contributed by atoms with Gasteiger partial charge in [0.1, 0.15) is 0 Å². The molecule has 0 saturated carbocycles. The first-order valence-corrected chi connectivity index (χ1v) is 12.5. The fourth-order valence-electron chi connectivity index (χ4n) is 3.21. The number of aromatic nitrogens is 1. The molecule has 1 nitrogen and oxygen atoms in total. The molecule has 0 unspecified atom stereocenters. The fraction of sp³-hybridized carbons (Fsp3) is 0.824. The topological polar surface area (TPSA) is 12.9 Å². The fourth-order valence-corrected chi connectivity index (χ4v) is 10.8. The van der Waals surface area contributed by atoms with E-state index in [1.54, 1.807) is 0 Å². The number of aryl methyl sites for hydroxylation is 1. The Labute approximate surface area is 130 Å². The van der Waals surface area contributed by atoms with Crippen LogP contribution < -0.4 is 5.44 Å². The Hall–Kier alpha value is 0.0600. The Kier molecular flexibility index (Phi) is 7.15. The van der Waals surface area contributed by atoms with Crippen molar-refractivity contribution in [1.82, 2.24) is 4.98 Å². The molecule has 0 aliphatic carbocycles. The van der Waals surface area contributed by atoms with Gasteiger partial charge in [-0.1, -0.05) is 0 Å². The number of hydrogen-bond acceptors (Lipinski definition) is 2. The number of thiazole rings is 1. The van der Waals surface area contributed by atoms with Gasteiger partial charge in [-0.15, -0.1) is 0 Å². The second-order valence-electron chi connectivity index (χ2n) is 6.77. The van der Waals surface area contributed by atoms with E-state index in [2.05, 4.69) is 39.7 Å². The third kappa shape index (κ3) is 4.28. The molecule has 0 atom stereocenters. The molecule has 1 aromatic rings. The summed E-state index contributed by atoms with van der Waals surface area (Å²) >= 11 is 1.85. The Morgan fingerprint density at radius 3 is 1.70 bits per heavy atom. The Balaban J connectivity index is 3.16. The summed E-state index contributed by atoms with van der Waals surface area (Å²) in [6.07, 6.45) is 12.3. The second kappa shape index (κ2) is 7.90. The van der Waals surface area contributed by atoms with E-state index in [0.29, 0.717) is 0 Å². The van der Waals surface area contributed by atoms with Gasteiger partial charge in [-0.2, -0.15) is 0 Å². The predicted octanol–water partition coefficient (Wildman–Crippen LogP) is 5.66. The van der Waals surface area contributed by atoms with E-state index in [4.69, 9.17) is 4.98 Å². The molecule has 0 saturated heterocycles. The third-order valence-electron chi connectivity index (χ3n) is 4.81. The van der Waals surface area contributed by atoms with Crippen molar-refractivity contribution in [2.24, 2.45) is 0 Å². The summed E-state index contributed by atoms with van der Waals surface area (Å²) in [6, 6.07) is 0. The van der Waals surface area contributed by atoms with E-state index in [9.17, 15) is 0 Å². The van der Waals surface area contributed by atoms with Crippen molar-refractivity contribution in [1.29, 1.82) is 0 Å². The zero-order chi connectivity index (χ0) is 15.1. The van der Waals surface area contributed by atoms with Crippen LogP contribution in [0.1, 0.15) is 64.3 Å². The van der Waals surface area contributed by atoms with E-state index in [-0.39, 0.29) is 0 Å². The van der Waals surface area contributed by atoms with Crippen LogP contribution in [0.15, 0.2) is 5.38 Å². The van der Waals surface area contributed by atoms with Gasteiger partial charge in [-0.3, -0.25) is 0 Å². The molecule has 1 rings (SSSR count). The first-order chi connectivity index (χ1) is 9.49. The molecule has 0 aromatic carbocycles. The Morgan fingerprint density at radius 1 is 0.950 bits per heavy atom. The van der Waals surface area contributed by atoms with Crippen molar-refractivity contribution >= 4 is 23.4 Å². The van der Waals surface area contributed by atoms with Crippen molar-refractivity contribution in [2.45, 2.75) is 66.2 Å². The minimum absolute atomic E-state index is 1.25. The molecule has 20 heavy (non-hydrogen) atoms. The molecule has 1 aromatic heterocycles. The molecule has 0 spiro atoms. The van der Waals surface area contributed by atoms with Gasteiger partial charge in [0.05, 0.1) is 0 Å². The van der Waals surface area contributed by atoms with Crippen molar-refractivity contribution in [3.63, 3.8) is 0 Å². The molecule has 3 heteroatoms.